The average Bonchev–Trinajstić information content (AvgIpc) is 3.36. The van der Waals surface area contributed by atoms with Gasteiger partial charge in [-0.05, 0) is 48.4 Å². The second-order valence-corrected chi connectivity index (χ2v) is 7.24. The SMILES string of the molecule is CCc1ccc2c(-c3cccc(C#N)c3)c(CS(=O)O)c(-c3ccco3)nn12. The summed E-state index contributed by atoms with van der Waals surface area (Å²) in [7, 11) is 0. The Labute approximate surface area is 164 Å². The van der Waals surface area contributed by atoms with Crippen LogP contribution in [-0.4, -0.2) is 18.4 Å². The molecule has 0 bridgehead atoms. The molecule has 6 nitrogen and oxygen atoms in total. The minimum atomic E-state index is -2.07. The van der Waals surface area contributed by atoms with Gasteiger partial charge in [0.1, 0.15) is 5.69 Å². The zero-order valence-corrected chi connectivity index (χ0v) is 15.9. The molecule has 0 amide bonds. The smallest absolute Gasteiger partial charge is 0.157 e. The molecule has 3 heterocycles. The molecule has 0 aliphatic carbocycles. The summed E-state index contributed by atoms with van der Waals surface area (Å²) in [5.74, 6) is 0.425. The van der Waals surface area contributed by atoms with Gasteiger partial charge < -0.3 is 8.97 Å². The number of hydrogen-bond acceptors (Lipinski definition) is 4. The van der Waals surface area contributed by atoms with Crippen LogP contribution in [0.15, 0.2) is 59.2 Å². The van der Waals surface area contributed by atoms with E-state index in [2.05, 4.69) is 6.07 Å². The third-order valence-corrected chi connectivity index (χ3v) is 5.18. The van der Waals surface area contributed by atoms with Crippen LogP contribution in [0.1, 0.15) is 23.7 Å². The lowest BCUT2D eigenvalue weighted by molar-refractivity contribution is 0.562. The molecular weight excluding hydrogens is 374 g/mol. The summed E-state index contributed by atoms with van der Waals surface area (Å²) in [5.41, 5.74) is 5.05. The van der Waals surface area contributed by atoms with E-state index in [-0.39, 0.29) is 5.75 Å². The Morgan fingerprint density at radius 2 is 2.11 bits per heavy atom. The molecule has 0 aliphatic rings. The van der Waals surface area contributed by atoms with Crippen molar-refractivity contribution in [1.82, 2.24) is 9.61 Å². The minimum Gasteiger partial charge on any atom is -0.463 e. The molecule has 140 valence electrons. The van der Waals surface area contributed by atoms with Crippen molar-refractivity contribution in [3.8, 4) is 28.7 Å². The van der Waals surface area contributed by atoms with Crippen molar-refractivity contribution in [1.29, 1.82) is 5.26 Å². The Kier molecular flexibility index (Phi) is 4.82. The van der Waals surface area contributed by atoms with Crippen molar-refractivity contribution >= 4 is 16.6 Å². The zero-order valence-electron chi connectivity index (χ0n) is 15.1. The first-order valence-electron chi connectivity index (χ1n) is 8.77. The Bertz CT molecular complexity index is 1220. The van der Waals surface area contributed by atoms with Gasteiger partial charge in [0.15, 0.2) is 16.8 Å². The fourth-order valence-electron chi connectivity index (χ4n) is 3.42. The first-order valence-corrected chi connectivity index (χ1v) is 10.0. The van der Waals surface area contributed by atoms with Gasteiger partial charge in [-0.3, -0.25) is 0 Å². The highest BCUT2D eigenvalue weighted by molar-refractivity contribution is 7.78. The summed E-state index contributed by atoms with van der Waals surface area (Å²) >= 11 is -2.07. The Balaban J connectivity index is 2.14. The van der Waals surface area contributed by atoms with Crippen molar-refractivity contribution in [2.45, 2.75) is 19.1 Å². The molecule has 7 heteroatoms. The van der Waals surface area contributed by atoms with Gasteiger partial charge in [0.25, 0.3) is 0 Å². The van der Waals surface area contributed by atoms with Crippen LogP contribution >= 0.6 is 0 Å². The number of nitrogens with zero attached hydrogens (tertiary/aromatic N) is 3. The maximum Gasteiger partial charge on any atom is 0.157 e. The maximum atomic E-state index is 11.8. The van der Waals surface area contributed by atoms with Crippen LogP contribution in [0.2, 0.25) is 0 Å². The second kappa shape index (κ2) is 7.43. The van der Waals surface area contributed by atoms with Gasteiger partial charge in [-0.1, -0.05) is 19.1 Å². The van der Waals surface area contributed by atoms with E-state index in [9.17, 15) is 14.0 Å². The van der Waals surface area contributed by atoms with Crippen molar-refractivity contribution in [3.05, 3.63) is 71.6 Å². The van der Waals surface area contributed by atoms with Gasteiger partial charge in [-0.15, -0.1) is 0 Å². The lowest BCUT2D eigenvalue weighted by Crippen LogP contribution is -2.07. The lowest BCUT2D eigenvalue weighted by Gasteiger charge is -2.16. The van der Waals surface area contributed by atoms with Crippen LogP contribution in [0.3, 0.4) is 0 Å². The van der Waals surface area contributed by atoms with Crippen LogP contribution < -0.4 is 0 Å². The normalized spacial score (nSPS) is 12.2. The van der Waals surface area contributed by atoms with E-state index in [4.69, 9.17) is 9.52 Å². The number of fused-ring (bicyclic) bond motifs is 1. The zero-order chi connectivity index (χ0) is 19.7. The van der Waals surface area contributed by atoms with Gasteiger partial charge in [0.2, 0.25) is 0 Å². The molecule has 4 aromatic rings. The van der Waals surface area contributed by atoms with Crippen LogP contribution in [0.25, 0.3) is 28.1 Å². The van der Waals surface area contributed by atoms with E-state index in [1.165, 1.54) is 0 Å². The quantitative estimate of drug-likeness (QED) is 0.509. The summed E-state index contributed by atoms with van der Waals surface area (Å²) in [6.07, 6.45) is 2.33. The molecule has 0 saturated carbocycles. The average molecular weight is 391 g/mol. The molecule has 0 saturated heterocycles. The summed E-state index contributed by atoms with van der Waals surface area (Å²) in [5, 5.41) is 14.1. The third kappa shape index (κ3) is 3.13. The molecule has 0 spiro atoms. The number of aromatic nitrogens is 2. The van der Waals surface area contributed by atoms with Gasteiger partial charge in [0.05, 0.1) is 29.2 Å². The van der Waals surface area contributed by atoms with E-state index in [0.717, 1.165) is 28.8 Å². The molecule has 28 heavy (non-hydrogen) atoms. The minimum absolute atomic E-state index is 0.0989. The highest BCUT2D eigenvalue weighted by Crippen LogP contribution is 2.36. The molecule has 1 aromatic carbocycles. The van der Waals surface area contributed by atoms with Gasteiger partial charge in [-0.2, -0.15) is 10.4 Å². The summed E-state index contributed by atoms with van der Waals surface area (Å²) in [4.78, 5) is 0. The molecule has 3 aromatic heterocycles. The van der Waals surface area contributed by atoms with Crippen LogP contribution in [0.5, 0.6) is 0 Å². The monoisotopic (exact) mass is 391 g/mol. The Morgan fingerprint density at radius 1 is 1.25 bits per heavy atom. The number of benzene rings is 1. The lowest BCUT2D eigenvalue weighted by atomic mass is 9.97. The summed E-state index contributed by atoms with van der Waals surface area (Å²) in [6.45, 7) is 2.04. The van der Waals surface area contributed by atoms with E-state index in [0.29, 0.717) is 22.6 Å². The van der Waals surface area contributed by atoms with E-state index in [1.807, 2.05) is 29.6 Å². The molecule has 1 unspecified atom stereocenters. The van der Waals surface area contributed by atoms with E-state index >= 15 is 0 Å². The number of furan rings is 1. The summed E-state index contributed by atoms with van der Waals surface area (Å²) in [6, 6.07) is 16.8. The van der Waals surface area contributed by atoms with E-state index < -0.39 is 11.1 Å². The first-order chi connectivity index (χ1) is 13.6. The van der Waals surface area contributed by atoms with Crippen LogP contribution in [0, 0.1) is 11.3 Å². The molecule has 1 atom stereocenters. The molecule has 0 aliphatic heterocycles. The van der Waals surface area contributed by atoms with Crippen molar-refractivity contribution in [2.75, 3.05) is 0 Å². The molecule has 0 fully saturated rings. The van der Waals surface area contributed by atoms with Gasteiger partial charge in [0, 0.05) is 16.8 Å². The second-order valence-electron chi connectivity index (χ2n) is 6.31. The van der Waals surface area contributed by atoms with Crippen molar-refractivity contribution in [3.63, 3.8) is 0 Å². The predicted octanol–water partition coefficient (Wildman–Crippen LogP) is 4.42. The Hall–Kier alpha value is -3.21. The van der Waals surface area contributed by atoms with Crippen LogP contribution in [0.4, 0.5) is 0 Å². The van der Waals surface area contributed by atoms with Crippen LogP contribution in [-0.2, 0) is 23.3 Å². The predicted molar refractivity (Wildman–Crippen MR) is 107 cm³/mol. The molecular formula is C21H17N3O3S. The van der Waals surface area contributed by atoms with Gasteiger partial charge in [-0.25, -0.2) is 8.72 Å². The van der Waals surface area contributed by atoms with Gasteiger partial charge >= 0.3 is 0 Å². The largest absolute Gasteiger partial charge is 0.463 e. The Morgan fingerprint density at radius 3 is 2.79 bits per heavy atom. The fourth-order valence-corrected chi connectivity index (χ4v) is 3.95. The summed E-state index contributed by atoms with van der Waals surface area (Å²) < 4.78 is 28.9. The molecule has 0 radical (unpaired) electrons. The number of hydrogen-bond donors (Lipinski definition) is 1. The number of rotatable bonds is 5. The number of nitriles is 1. The van der Waals surface area contributed by atoms with Crippen molar-refractivity contribution < 1.29 is 13.2 Å². The fraction of sp³-hybridized carbons (Fsp3) is 0.143. The first kappa shape index (κ1) is 18.2. The van der Waals surface area contributed by atoms with Crippen molar-refractivity contribution in [2.24, 2.45) is 0 Å². The maximum absolute atomic E-state index is 11.8. The third-order valence-electron chi connectivity index (χ3n) is 4.64. The highest BCUT2D eigenvalue weighted by Gasteiger charge is 2.22. The van der Waals surface area contributed by atoms with E-state index in [1.54, 1.807) is 36.6 Å². The highest BCUT2D eigenvalue weighted by atomic mass is 32.2. The number of aryl methyl sites for hydroxylation is 1. The topological polar surface area (TPSA) is 91.5 Å². The molecule has 4 rings (SSSR count). The standard InChI is InChI=1S/C21H17N3O3S/c1-2-16-8-9-18-20(15-6-3-5-14(11-15)12-22)17(13-28(25)26)21(23-24(16)18)19-7-4-10-27-19/h3-11H,2,13H2,1H3,(H,25,26). The molecule has 1 N–H and O–H groups in total.